The van der Waals surface area contributed by atoms with Crippen LogP contribution in [-0.4, -0.2) is 6.54 Å². The molecule has 88 valence electrons. The first-order valence-corrected chi connectivity index (χ1v) is 5.69. The van der Waals surface area contributed by atoms with Crippen LogP contribution < -0.4 is 5.32 Å². The highest BCUT2D eigenvalue weighted by Crippen LogP contribution is 2.22. The minimum atomic E-state index is 0.149. The second-order valence-electron chi connectivity index (χ2n) is 4.94. The minimum Gasteiger partial charge on any atom is -0.468 e. The van der Waals surface area contributed by atoms with Gasteiger partial charge in [-0.15, -0.1) is 0 Å². The molecule has 0 bridgehead atoms. The highest BCUT2D eigenvalue weighted by atomic mass is 16.3. The van der Waals surface area contributed by atoms with Crippen molar-refractivity contribution in [1.82, 2.24) is 5.32 Å². The molecule has 0 aliphatic heterocycles. The van der Waals surface area contributed by atoms with Crippen LogP contribution in [0.1, 0.15) is 45.4 Å². The molecule has 0 unspecified atom stereocenters. The first kappa shape index (κ1) is 12.8. The summed E-state index contributed by atoms with van der Waals surface area (Å²) >= 11 is 0. The Morgan fingerprint density at radius 1 is 1.56 bits per heavy atom. The molecule has 1 rings (SSSR count). The molecule has 0 aromatic carbocycles. The van der Waals surface area contributed by atoms with E-state index in [1.165, 1.54) is 0 Å². The lowest BCUT2D eigenvalue weighted by Crippen LogP contribution is -2.31. The predicted molar refractivity (Wildman–Crippen MR) is 63.8 cm³/mol. The molecule has 0 spiro atoms. The Balaban J connectivity index is 2.36. The van der Waals surface area contributed by atoms with Crippen molar-refractivity contribution < 1.29 is 4.42 Å². The number of hydrogen-bond acceptors (Lipinski definition) is 3. The standard InChI is InChI=1S/C13H20N2O/c1-11(12-6-4-9-16-12)15-10-13(2,3)7-5-8-14/h4,6,9,11,15H,5,7,10H2,1-3H3/t11-/m0/s1. The summed E-state index contributed by atoms with van der Waals surface area (Å²) in [5.74, 6) is 0.955. The molecule has 1 atom stereocenters. The van der Waals surface area contributed by atoms with Crippen molar-refractivity contribution in [2.75, 3.05) is 6.54 Å². The lowest BCUT2D eigenvalue weighted by molar-refractivity contribution is 0.294. The molecule has 0 aliphatic carbocycles. The summed E-state index contributed by atoms with van der Waals surface area (Å²) in [5, 5.41) is 12.0. The van der Waals surface area contributed by atoms with Crippen LogP contribution in [0.4, 0.5) is 0 Å². The van der Waals surface area contributed by atoms with Crippen LogP contribution in [0, 0.1) is 16.7 Å². The topological polar surface area (TPSA) is 49.0 Å². The molecule has 3 heteroatoms. The zero-order chi connectivity index (χ0) is 12.0. The summed E-state index contributed by atoms with van der Waals surface area (Å²) in [6, 6.07) is 6.28. The molecular formula is C13H20N2O. The van der Waals surface area contributed by atoms with Gasteiger partial charge in [-0.1, -0.05) is 13.8 Å². The third-order valence-corrected chi connectivity index (χ3v) is 2.77. The van der Waals surface area contributed by atoms with Crippen LogP contribution in [-0.2, 0) is 0 Å². The van der Waals surface area contributed by atoms with E-state index < -0.39 is 0 Å². The van der Waals surface area contributed by atoms with E-state index in [0.29, 0.717) is 6.42 Å². The molecule has 0 fully saturated rings. The van der Waals surface area contributed by atoms with Gasteiger partial charge in [0.15, 0.2) is 0 Å². The highest BCUT2D eigenvalue weighted by molar-refractivity contribution is 5.03. The summed E-state index contributed by atoms with van der Waals surface area (Å²) in [6.07, 6.45) is 3.22. The SMILES string of the molecule is C[C@H](NCC(C)(C)CCC#N)c1ccco1. The summed E-state index contributed by atoms with van der Waals surface area (Å²) in [5.41, 5.74) is 0.149. The maximum absolute atomic E-state index is 8.57. The third kappa shape index (κ3) is 4.08. The Morgan fingerprint density at radius 3 is 2.88 bits per heavy atom. The van der Waals surface area contributed by atoms with Gasteiger partial charge in [-0.05, 0) is 30.9 Å². The maximum atomic E-state index is 8.57. The second-order valence-corrected chi connectivity index (χ2v) is 4.94. The van der Waals surface area contributed by atoms with E-state index in [2.05, 4.69) is 32.2 Å². The zero-order valence-corrected chi connectivity index (χ0v) is 10.3. The van der Waals surface area contributed by atoms with Crippen molar-refractivity contribution in [3.63, 3.8) is 0 Å². The highest BCUT2D eigenvalue weighted by Gasteiger charge is 2.19. The molecule has 1 N–H and O–H groups in total. The Bertz CT molecular complexity index is 335. The predicted octanol–water partition coefficient (Wildman–Crippen LogP) is 3.26. The molecule has 0 amide bonds. The first-order valence-electron chi connectivity index (χ1n) is 5.69. The monoisotopic (exact) mass is 220 g/mol. The largest absolute Gasteiger partial charge is 0.468 e. The summed E-state index contributed by atoms with van der Waals surface area (Å²) in [6.45, 7) is 7.31. The third-order valence-electron chi connectivity index (χ3n) is 2.77. The van der Waals surface area contributed by atoms with Crippen molar-refractivity contribution in [3.05, 3.63) is 24.2 Å². The van der Waals surface area contributed by atoms with E-state index >= 15 is 0 Å². The zero-order valence-electron chi connectivity index (χ0n) is 10.3. The smallest absolute Gasteiger partial charge is 0.120 e. The van der Waals surface area contributed by atoms with Crippen LogP contribution >= 0.6 is 0 Å². The van der Waals surface area contributed by atoms with Gasteiger partial charge in [-0.2, -0.15) is 5.26 Å². The van der Waals surface area contributed by atoms with Crippen LogP contribution in [0.15, 0.2) is 22.8 Å². The van der Waals surface area contributed by atoms with Crippen LogP contribution in [0.5, 0.6) is 0 Å². The van der Waals surface area contributed by atoms with Crippen LogP contribution in [0.3, 0.4) is 0 Å². The van der Waals surface area contributed by atoms with Gasteiger partial charge in [0.05, 0.1) is 18.4 Å². The maximum Gasteiger partial charge on any atom is 0.120 e. The number of nitrogens with zero attached hydrogens (tertiary/aromatic N) is 1. The fraction of sp³-hybridized carbons (Fsp3) is 0.615. The molecule has 0 saturated heterocycles. The normalized spacial score (nSPS) is 13.4. The lowest BCUT2D eigenvalue weighted by Gasteiger charge is -2.25. The first-order chi connectivity index (χ1) is 7.55. The van der Waals surface area contributed by atoms with E-state index in [9.17, 15) is 0 Å². The molecule has 0 aliphatic rings. The van der Waals surface area contributed by atoms with E-state index in [4.69, 9.17) is 9.68 Å². The van der Waals surface area contributed by atoms with E-state index in [1.807, 2.05) is 12.1 Å². The minimum absolute atomic E-state index is 0.149. The number of furan rings is 1. The van der Waals surface area contributed by atoms with Gasteiger partial charge in [0, 0.05) is 13.0 Å². The number of nitrogens with one attached hydrogen (secondary N) is 1. The van der Waals surface area contributed by atoms with Crippen LogP contribution in [0.2, 0.25) is 0 Å². The Hall–Kier alpha value is -1.27. The Labute approximate surface area is 97.5 Å². The van der Waals surface area contributed by atoms with Crippen molar-refractivity contribution in [2.24, 2.45) is 5.41 Å². The Kier molecular flexibility index (Phi) is 4.57. The van der Waals surface area contributed by atoms with E-state index in [1.54, 1.807) is 6.26 Å². The van der Waals surface area contributed by atoms with Crippen molar-refractivity contribution >= 4 is 0 Å². The van der Waals surface area contributed by atoms with Gasteiger partial charge >= 0.3 is 0 Å². The van der Waals surface area contributed by atoms with Gasteiger partial charge < -0.3 is 9.73 Å². The quantitative estimate of drug-likeness (QED) is 0.800. The Morgan fingerprint density at radius 2 is 2.31 bits per heavy atom. The van der Waals surface area contributed by atoms with Gasteiger partial charge in [-0.3, -0.25) is 0 Å². The van der Waals surface area contributed by atoms with Gasteiger partial charge in [0.1, 0.15) is 5.76 Å². The number of rotatable bonds is 6. The fourth-order valence-electron chi connectivity index (χ4n) is 1.55. The molecular weight excluding hydrogens is 200 g/mol. The average molecular weight is 220 g/mol. The van der Waals surface area contributed by atoms with Gasteiger partial charge in [-0.25, -0.2) is 0 Å². The summed E-state index contributed by atoms with van der Waals surface area (Å²) in [4.78, 5) is 0. The lowest BCUT2D eigenvalue weighted by atomic mass is 9.88. The summed E-state index contributed by atoms with van der Waals surface area (Å²) in [7, 11) is 0. The van der Waals surface area contributed by atoms with Gasteiger partial charge in [0.25, 0.3) is 0 Å². The molecule has 0 radical (unpaired) electrons. The molecule has 1 aromatic heterocycles. The van der Waals surface area contributed by atoms with Gasteiger partial charge in [0.2, 0.25) is 0 Å². The average Bonchev–Trinajstić information content (AvgIpc) is 2.77. The number of nitriles is 1. The molecule has 1 aromatic rings. The fourth-order valence-corrected chi connectivity index (χ4v) is 1.55. The van der Waals surface area contributed by atoms with Crippen LogP contribution in [0.25, 0.3) is 0 Å². The van der Waals surface area contributed by atoms with Crippen molar-refractivity contribution in [3.8, 4) is 6.07 Å². The molecule has 3 nitrogen and oxygen atoms in total. The summed E-state index contributed by atoms with van der Waals surface area (Å²) < 4.78 is 5.33. The van der Waals surface area contributed by atoms with Crippen molar-refractivity contribution in [2.45, 2.75) is 39.7 Å². The molecule has 16 heavy (non-hydrogen) atoms. The second kappa shape index (κ2) is 5.72. The molecule has 1 heterocycles. The number of hydrogen-bond donors (Lipinski definition) is 1. The van der Waals surface area contributed by atoms with E-state index in [-0.39, 0.29) is 11.5 Å². The van der Waals surface area contributed by atoms with Crippen molar-refractivity contribution in [1.29, 1.82) is 5.26 Å². The van der Waals surface area contributed by atoms with E-state index in [0.717, 1.165) is 18.7 Å². The molecule has 0 saturated carbocycles.